The lowest BCUT2D eigenvalue weighted by molar-refractivity contribution is -0.139. The molecule has 0 aromatic heterocycles. The van der Waals surface area contributed by atoms with Gasteiger partial charge in [0, 0.05) is 23.8 Å². The first-order valence-corrected chi connectivity index (χ1v) is 10.4. The number of ether oxygens (including phenoxy) is 1. The summed E-state index contributed by atoms with van der Waals surface area (Å²) in [5.74, 6) is -0.944. The Labute approximate surface area is 181 Å². The molecular formula is C24H26N2O5. The van der Waals surface area contributed by atoms with Gasteiger partial charge in [0.2, 0.25) is 0 Å². The van der Waals surface area contributed by atoms with Crippen LogP contribution in [0.4, 0.5) is 16.2 Å². The number of aliphatic hydroxyl groups excluding tert-OH is 1. The van der Waals surface area contributed by atoms with Gasteiger partial charge in [-0.1, -0.05) is 49.4 Å². The van der Waals surface area contributed by atoms with E-state index in [9.17, 15) is 14.7 Å². The van der Waals surface area contributed by atoms with Gasteiger partial charge in [0.05, 0.1) is 18.8 Å². The molecule has 0 saturated carbocycles. The maximum Gasteiger partial charge on any atom is 0.414 e. The van der Waals surface area contributed by atoms with Crippen LogP contribution in [0.15, 0.2) is 60.7 Å². The van der Waals surface area contributed by atoms with E-state index in [0.717, 1.165) is 5.56 Å². The lowest BCUT2D eigenvalue weighted by Gasteiger charge is -2.28. The van der Waals surface area contributed by atoms with E-state index in [1.165, 1.54) is 4.90 Å². The Morgan fingerprint density at radius 2 is 1.97 bits per heavy atom. The summed E-state index contributed by atoms with van der Waals surface area (Å²) in [6, 6.07) is 14.9. The lowest BCUT2D eigenvalue weighted by atomic mass is 9.82. The Balaban J connectivity index is 1.77. The molecular weight excluding hydrogens is 396 g/mol. The minimum Gasteiger partial charge on any atom is -0.447 e. The SMILES string of the molecule is C[C@@H](/C=C/CCO)[C@]1(O)C(=O)N(Cc2ccccc2)c2ccc(N3CCOC3=O)cc21. The third-order valence-corrected chi connectivity index (χ3v) is 5.89. The Bertz CT molecular complexity index is 1010. The highest BCUT2D eigenvalue weighted by Gasteiger charge is 2.52. The topological polar surface area (TPSA) is 90.3 Å². The fourth-order valence-electron chi connectivity index (χ4n) is 4.17. The number of carbonyl (C=O) groups is 2. The van der Waals surface area contributed by atoms with Crippen molar-refractivity contribution < 1.29 is 24.5 Å². The number of nitrogens with zero attached hydrogens (tertiary/aromatic N) is 2. The zero-order chi connectivity index (χ0) is 22.0. The molecule has 2 aromatic rings. The van der Waals surface area contributed by atoms with Gasteiger partial charge >= 0.3 is 6.09 Å². The molecule has 0 bridgehead atoms. The molecule has 1 saturated heterocycles. The van der Waals surface area contributed by atoms with E-state index in [1.807, 2.05) is 30.3 Å². The van der Waals surface area contributed by atoms with Crippen LogP contribution < -0.4 is 9.80 Å². The van der Waals surface area contributed by atoms with Crippen LogP contribution in [0.25, 0.3) is 0 Å². The average molecular weight is 422 g/mol. The molecule has 7 heteroatoms. The maximum atomic E-state index is 13.5. The van der Waals surface area contributed by atoms with Crippen LogP contribution in [0.5, 0.6) is 0 Å². The molecule has 2 aliphatic heterocycles. The van der Waals surface area contributed by atoms with Crippen LogP contribution in [-0.2, 0) is 21.7 Å². The molecule has 2 aliphatic rings. The van der Waals surface area contributed by atoms with Crippen LogP contribution in [0.3, 0.4) is 0 Å². The molecule has 0 unspecified atom stereocenters. The van der Waals surface area contributed by atoms with Crippen molar-refractivity contribution in [3.8, 4) is 0 Å². The molecule has 7 nitrogen and oxygen atoms in total. The lowest BCUT2D eigenvalue weighted by Crippen LogP contribution is -2.44. The Morgan fingerprint density at radius 1 is 1.19 bits per heavy atom. The van der Waals surface area contributed by atoms with E-state index in [2.05, 4.69) is 0 Å². The summed E-state index contributed by atoms with van der Waals surface area (Å²) in [6.45, 7) is 2.82. The second-order valence-electron chi connectivity index (χ2n) is 7.84. The Kier molecular flexibility index (Phi) is 5.80. The Morgan fingerprint density at radius 3 is 2.65 bits per heavy atom. The number of rotatable bonds is 7. The fourth-order valence-corrected chi connectivity index (χ4v) is 4.17. The predicted octanol–water partition coefficient (Wildman–Crippen LogP) is 2.95. The predicted molar refractivity (Wildman–Crippen MR) is 117 cm³/mol. The smallest absolute Gasteiger partial charge is 0.414 e. The van der Waals surface area contributed by atoms with E-state index in [-0.39, 0.29) is 6.61 Å². The quantitative estimate of drug-likeness (QED) is 0.670. The summed E-state index contributed by atoms with van der Waals surface area (Å²) in [5.41, 5.74) is 0.833. The van der Waals surface area contributed by atoms with E-state index in [0.29, 0.717) is 43.1 Å². The largest absolute Gasteiger partial charge is 0.447 e. The zero-order valence-electron chi connectivity index (χ0n) is 17.4. The second kappa shape index (κ2) is 8.53. The average Bonchev–Trinajstić information content (AvgIpc) is 3.30. The van der Waals surface area contributed by atoms with Gasteiger partial charge in [0.1, 0.15) is 6.61 Å². The van der Waals surface area contributed by atoms with Crippen LogP contribution in [0.2, 0.25) is 0 Å². The molecule has 4 rings (SSSR count). The first kappa shape index (κ1) is 21.1. The summed E-state index contributed by atoms with van der Waals surface area (Å²) in [6.07, 6.45) is 3.51. The van der Waals surface area contributed by atoms with Gasteiger partial charge in [-0.2, -0.15) is 0 Å². The molecule has 2 aromatic carbocycles. The third-order valence-electron chi connectivity index (χ3n) is 5.89. The molecule has 0 spiro atoms. The summed E-state index contributed by atoms with van der Waals surface area (Å²) < 4.78 is 5.04. The number of benzene rings is 2. The van der Waals surface area contributed by atoms with Crippen molar-refractivity contribution in [2.24, 2.45) is 5.92 Å². The zero-order valence-corrected chi connectivity index (χ0v) is 17.4. The monoisotopic (exact) mass is 422 g/mol. The van der Waals surface area contributed by atoms with Crippen molar-refractivity contribution in [1.29, 1.82) is 0 Å². The molecule has 0 radical (unpaired) electrons. The van der Waals surface area contributed by atoms with E-state index < -0.39 is 23.5 Å². The minimum atomic E-state index is -1.78. The first-order valence-electron chi connectivity index (χ1n) is 10.4. The summed E-state index contributed by atoms with van der Waals surface area (Å²) in [4.78, 5) is 28.7. The Hall–Kier alpha value is -3.16. The highest BCUT2D eigenvalue weighted by Crippen LogP contribution is 2.47. The van der Waals surface area contributed by atoms with Gasteiger partial charge < -0.3 is 19.8 Å². The number of hydrogen-bond acceptors (Lipinski definition) is 5. The van der Waals surface area contributed by atoms with Crippen molar-refractivity contribution >= 4 is 23.4 Å². The summed E-state index contributed by atoms with van der Waals surface area (Å²) in [5, 5.41) is 20.8. The molecule has 2 heterocycles. The van der Waals surface area contributed by atoms with Gasteiger partial charge in [-0.25, -0.2) is 4.79 Å². The van der Waals surface area contributed by atoms with Crippen LogP contribution in [0, 0.1) is 5.92 Å². The van der Waals surface area contributed by atoms with Crippen molar-refractivity contribution in [2.45, 2.75) is 25.5 Å². The van der Waals surface area contributed by atoms with Crippen LogP contribution >= 0.6 is 0 Å². The standard InChI is InChI=1S/C24H26N2O5/c1-17(7-5-6-13-27)24(30)20-15-19(25-12-14-31-23(25)29)10-11-21(20)26(22(24)28)16-18-8-3-2-4-9-18/h2-5,7-11,15,17,27,30H,6,12-14,16H2,1H3/b7-5+/t17-,24+/m0/s1. The van der Waals surface area contributed by atoms with Gasteiger partial charge in [0.15, 0.2) is 5.60 Å². The van der Waals surface area contributed by atoms with Crippen molar-refractivity contribution in [1.82, 2.24) is 0 Å². The van der Waals surface area contributed by atoms with Crippen molar-refractivity contribution in [2.75, 3.05) is 29.6 Å². The summed E-state index contributed by atoms with van der Waals surface area (Å²) in [7, 11) is 0. The van der Waals surface area contributed by atoms with Gasteiger partial charge in [-0.05, 0) is 30.2 Å². The van der Waals surface area contributed by atoms with Crippen LogP contribution in [0.1, 0.15) is 24.5 Å². The molecule has 162 valence electrons. The van der Waals surface area contributed by atoms with Gasteiger partial charge in [-0.15, -0.1) is 0 Å². The van der Waals surface area contributed by atoms with E-state index >= 15 is 0 Å². The third kappa shape index (κ3) is 3.71. The van der Waals surface area contributed by atoms with Crippen LogP contribution in [-0.4, -0.2) is 42.0 Å². The molecule has 31 heavy (non-hydrogen) atoms. The van der Waals surface area contributed by atoms with E-state index in [1.54, 1.807) is 42.2 Å². The fraction of sp³-hybridized carbons (Fsp3) is 0.333. The van der Waals surface area contributed by atoms with Crippen molar-refractivity contribution in [3.63, 3.8) is 0 Å². The molecule has 2 atom stereocenters. The molecule has 2 N–H and O–H groups in total. The normalized spacial score (nSPS) is 21.6. The number of hydrogen-bond donors (Lipinski definition) is 2. The number of cyclic esters (lactones) is 1. The minimum absolute atomic E-state index is 0.00641. The second-order valence-corrected chi connectivity index (χ2v) is 7.84. The molecule has 0 aliphatic carbocycles. The number of carbonyl (C=O) groups excluding carboxylic acids is 2. The van der Waals surface area contributed by atoms with Gasteiger partial charge in [-0.3, -0.25) is 9.69 Å². The number of amides is 2. The van der Waals surface area contributed by atoms with Gasteiger partial charge in [0.25, 0.3) is 5.91 Å². The highest BCUT2D eigenvalue weighted by atomic mass is 16.6. The number of fused-ring (bicyclic) bond motifs is 1. The first-order chi connectivity index (χ1) is 15.0. The molecule has 1 fully saturated rings. The van der Waals surface area contributed by atoms with Crippen molar-refractivity contribution in [3.05, 3.63) is 71.8 Å². The number of aliphatic hydroxyl groups is 2. The molecule has 2 amide bonds. The number of anilines is 2. The highest BCUT2D eigenvalue weighted by molar-refractivity contribution is 6.08. The van der Waals surface area contributed by atoms with E-state index in [4.69, 9.17) is 9.84 Å². The maximum absolute atomic E-state index is 13.5. The summed E-state index contributed by atoms with van der Waals surface area (Å²) >= 11 is 0.